The molecular formula is C28H33F2N5O3. The van der Waals surface area contributed by atoms with Crippen LogP contribution in [0.3, 0.4) is 0 Å². The van der Waals surface area contributed by atoms with Crippen molar-refractivity contribution in [2.75, 3.05) is 19.6 Å². The van der Waals surface area contributed by atoms with Gasteiger partial charge in [-0.15, -0.1) is 6.58 Å². The highest BCUT2D eigenvalue weighted by atomic mass is 19.1. The van der Waals surface area contributed by atoms with Crippen molar-refractivity contribution in [2.45, 2.75) is 45.6 Å². The fourth-order valence-electron chi connectivity index (χ4n) is 5.03. The highest BCUT2D eigenvalue weighted by Crippen LogP contribution is 2.30. The van der Waals surface area contributed by atoms with Gasteiger partial charge in [-0.2, -0.15) is 0 Å². The van der Waals surface area contributed by atoms with E-state index in [9.17, 15) is 23.2 Å². The second kappa shape index (κ2) is 11.7. The molecule has 4 rings (SSSR count). The molecule has 2 aliphatic heterocycles. The van der Waals surface area contributed by atoms with Gasteiger partial charge in [-0.05, 0) is 24.0 Å². The maximum atomic E-state index is 14.5. The van der Waals surface area contributed by atoms with Crippen molar-refractivity contribution in [3.8, 4) is 0 Å². The topological polar surface area (TPSA) is 76.2 Å². The summed E-state index contributed by atoms with van der Waals surface area (Å²) in [6, 6.07) is 11.4. The molecule has 2 atom stereocenters. The summed E-state index contributed by atoms with van der Waals surface area (Å²) in [5.41, 5.74) is 1.06. The smallest absolute Gasteiger partial charge is 0.333 e. The molecule has 202 valence electrons. The average molecular weight is 526 g/mol. The van der Waals surface area contributed by atoms with Crippen LogP contribution in [0.2, 0.25) is 0 Å². The Morgan fingerprint density at radius 1 is 1.16 bits per heavy atom. The van der Waals surface area contributed by atoms with E-state index in [2.05, 4.69) is 11.9 Å². The molecule has 8 nitrogen and oxygen atoms in total. The van der Waals surface area contributed by atoms with Crippen LogP contribution in [-0.4, -0.2) is 69.5 Å². The number of halogens is 2. The van der Waals surface area contributed by atoms with Crippen LogP contribution in [0.1, 0.15) is 31.4 Å². The summed E-state index contributed by atoms with van der Waals surface area (Å²) in [5.74, 6) is -1.98. The van der Waals surface area contributed by atoms with E-state index in [1.807, 2.05) is 44.2 Å². The predicted molar refractivity (Wildman–Crippen MR) is 138 cm³/mol. The van der Waals surface area contributed by atoms with Gasteiger partial charge in [0.25, 0.3) is 0 Å². The van der Waals surface area contributed by atoms with Gasteiger partial charge >= 0.3 is 6.03 Å². The molecule has 1 N–H and O–H groups in total. The molecule has 0 aromatic heterocycles. The number of carbonyl (C=O) groups is 3. The maximum Gasteiger partial charge on any atom is 0.334 e. The Labute approximate surface area is 221 Å². The lowest BCUT2D eigenvalue weighted by molar-refractivity contribution is -0.190. The Morgan fingerprint density at radius 3 is 2.55 bits per heavy atom. The number of urea groups is 1. The highest BCUT2D eigenvalue weighted by Gasteiger charge is 2.51. The van der Waals surface area contributed by atoms with Gasteiger partial charge in [-0.1, -0.05) is 56.3 Å². The predicted octanol–water partition coefficient (Wildman–Crippen LogP) is 3.50. The molecule has 0 saturated carbocycles. The molecule has 2 aliphatic rings. The normalized spacial score (nSPS) is 20.1. The van der Waals surface area contributed by atoms with Gasteiger partial charge in [-0.3, -0.25) is 9.59 Å². The Kier molecular flexibility index (Phi) is 8.41. The van der Waals surface area contributed by atoms with Crippen LogP contribution < -0.4 is 5.32 Å². The molecule has 0 spiro atoms. The fraction of sp³-hybridized carbons (Fsp3) is 0.393. The third-order valence-electron chi connectivity index (χ3n) is 6.74. The number of nitrogens with zero attached hydrogens (tertiary/aromatic N) is 4. The van der Waals surface area contributed by atoms with Gasteiger partial charge in [0, 0.05) is 31.3 Å². The first kappa shape index (κ1) is 27.3. The average Bonchev–Trinajstić information content (AvgIpc) is 2.87. The van der Waals surface area contributed by atoms with E-state index < -0.39 is 29.9 Å². The number of hydrogen-bond donors (Lipinski definition) is 1. The van der Waals surface area contributed by atoms with Crippen LogP contribution in [-0.2, 0) is 22.7 Å². The van der Waals surface area contributed by atoms with E-state index in [0.717, 1.165) is 17.7 Å². The molecule has 0 unspecified atom stereocenters. The number of hydrogen-bond acceptors (Lipinski definition) is 4. The summed E-state index contributed by atoms with van der Waals surface area (Å²) in [7, 11) is 0. The van der Waals surface area contributed by atoms with Crippen LogP contribution in [0.15, 0.2) is 61.2 Å². The van der Waals surface area contributed by atoms with Gasteiger partial charge in [0.2, 0.25) is 11.8 Å². The molecule has 4 amide bonds. The minimum atomic E-state index is -0.819. The van der Waals surface area contributed by atoms with E-state index in [0.29, 0.717) is 6.42 Å². The van der Waals surface area contributed by atoms with E-state index in [1.54, 1.807) is 11.1 Å². The molecule has 2 heterocycles. The Morgan fingerprint density at radius 2 is 1.89 bits per heavy atom. The van der Waals surface area contributed by atoms with E-state index in [4.69, 9.17) is 0 Å². The number of rotatable bonds is 8. The molecule has 2 aromatic rings. The first-order valence-corrected chi connectivity index (χ1v) is 12.7. The Bertz CT molecular complexity index is 1190. The van der Waals surface area contributed by atoms with Gasteiger partial charge in [0.1, 0.15) is 23.8 Å². The summed E-state index contributed by atoms with van der Waals surface area (Å²) >= 11 is 0. The van der Waals surface area contributed by atoms with Crippen molar-refractivity contribution in [1.29, 1.82) is 0 Å². The molecule has 38 heavy (non-hydrogen) atoms. The minimum Gasteiger partial charge on any atom is -0.333 e. The zero-order valence-electron chi connectivity index (χ0n) is 21.6. The number of piperazine rings is 1. The largest absolute Gasteiger partial charge is 0.334 e. The van der Waals surface area contributed by atoms with Crippen molar-refractivity contribution in [1.82, 2.24) is 25.1 Å². The van der Waals surface area contributed by atoms with Crippen LogP contribution in [0.4, 0.5) is 13.6 Å². The summed E-state index contributed by atoms with van der Waals surface area (Å²) in [6.07, 6.45) is 1.17. The summed E-state index contributed by atoms with van der Waals surface area (Å²) in [5, 5.41) is 6.00. The lowest BCUT2D eigenvalue weighted by Gasteiger charge is -2.55. The molecule has 0 bridgehead atoms. The molecule has 2 fully saturated rings. The lowest BCUT2D eigenvalue weighted by atomic mass is 9.96. The number of hydrazine groups is 1. The van der Waals surface area contributed by atoms with Gasteiger partial charge < -0.3 is 15.1 Å². The SMILES string of the molecule is C=CCN1CC(=O)N2[C@@H](CC(C)C)C(=O)N(Cc3ccc(F)cc3F)C[C@@H]2N1C(=O)NCc1ccccc1. The maximum absolute atomic E-state index is 14.5. The molecule has 10 heteroatoms. The Hall–Kier alpha value is -3.79. The van der Waals surface area contributed by atoms with Crippen molar-refractivity contribution in [3.05, 3.63) is 83.9 Å². The van der Waals surface area contributed by atoms with E-state index in [1.165, 1.54) is 20.9 Å². The molecule has 2 aromatic carbocycles. The third kappa shape index (κ3) is 5.85. The zero-order chi connectivity index (χ0) is 27.4. The van der Waals surface area contributed by atoms with Crippen molar-refractivity contribution in [2.24, 2.45) is 5.92 Å². The molecular weight excluding hydrogens is 492 g/mol. The van der Waals surface area contributed by atoms with Crippen LogP contribution in [0, 0.1) is 17.6 Å². The van der Waals surface area contributed by atoms with Crippen LogP contribution >= 0.6 is 0 Å². The van der Waals surface area contributed by atoms with Gasteiger partial charge in [0.05, 0.1) is 13.1 Å². The zero-order valence-corrected chi connectivity index (χ0v) is 21.6. The summed E-state index contributed by atoms with van der Waals surface area (Å²) in [4.78, 5) is 43.5. The molecule has 0 radical (unpaired) electrons. The lowest BCUT2D eigenvalue weighted by Crippen LogP contribution is -2.76. The van der Waals surface area contributed by atoms with Gasteiger partial charge in [-0.25, -0.2) is 23.6 Å². The second-order valence-corrected chi connectivity index (χ2v) is 10.0. The van der Waals surface area contributed by atoms with Crippen LogP contribution in [0.5, 0.6) is 0 Å². The molecule has 2 saturated heterocycles. The van der Waals surface area contributed by atoms with Crippen molar-refractivity contribution in [3.63, 3.8) is 0 Å². The van der Waals surface area contributed by atoms with Gasteiger partial charge in [0.15, 0.2) is 0 Å². The van der Waals surface area contributed by atoms with E-state index >= 15 is 0 Å². The standard InChI is InChI=1S/C28H33F2N5O3/c1-4-12-33-18-26(36)34-24(13-19(2)3)27(37)32(16-21-10-11-22(29)14-23(21)30)17-25(34)35(33)28(38)31-15-20-8-6-5-7-9-20/h4-11,14,19,24-25H,1,12-13,15-18H2,2-3H3,(H,31,38)/t24-,25-/m0/s1. The first-order valence-electron chi connectivity index (χ1n) is 12.7. The highest BCUT2D eigenvalue weighted by molar-refractivity contribution is 5.91. The van der Waals surface area contributed by atoms with Crippen molar-refractivity contribution >= 4 is 17.8 Å². The number of benzene rings is 2. The molecule has 0 aliphatic carbocycles. The quantitative estimate of drug-likeness (QED) is 0.536. The summed E-state index contributed by atoms with van der Waals surface area (Å²) in [6.45, 7) is 7.95. The third-order valence-corrected chi connectivity index (χ3v) is 6.74. The second-order valence-electron chi connectivity index (χ2n) is 10.0. The number of nitrogens with one attached hydrogen (secondary N) is 1. The number of carbonyl (C=O) groups excluding carboxylic acids is 3. The first-order chi connectivity index (χ1) is 18.2. The number of fused-ring (bicyclic) bond motifs is 1. The monoisotopic (exact) mass is 525 g/mol. The Balaban J connectivity index is 1.67. The van der Waals surface area contributed by atoms with Crippen molar-refractivity contribution < 1.29 is 23.2 Å². The number of amides is 4. The van der Waals surface area contributed by atoms with Crippen LogP contribution in [0.25, 0.3) is 0 Å². The van der Waals surface area contributed by atoms with E-state index in [-0.39, 0.29) is 56.0 Å². The summed E-state index contributed by atoms with van der Waals surface area (Å²) < 4.78 is 28.0. The fourth-order valence-corrected chi connectivity index (χ4v) is 5.03. The minimum absolute atomic E-state index is 0.0254.